The lowest BCUT2D eigenvalue weighted by molar-refractivity contribution is 0.0607. The van der Waals surface area contributed by atoms with E-state index in [-0.39, 0.29) is 5.91 Å². The van der Waals surface area contributed by atoms with Crippen LogP contribution < -0.4 is 4.90 Å². The summed E-state index contributed by atoms with van der Waals surface area (Å²) < 4.78 is 0. The SMILES string of the molecule is CCC1CCCCN1C(=O)c1cncc(N(CC)CC)c1. The Hall–Kier alpha value is -1.58. The van der Waals surface area contributed by atoms with E-state index in [4.69, 9.17) is 0 Å². The average Bonchev–Trinajstić information content (AvgIpc) is 2.55. The van der Waals surface area contributed by atoms with Crippen LogP contribution in [0.3, 0.4) is 0 Å². The Labute approximate surface area is 128 Å². The fourth-order valence-electron chi connectivity index (χ4n) is 3.16. The van der Waals surface area contributed by atoms with Crippen molar-refractivity contribution in [3.63, 3.8) is 0 Å². The Morgan fingerprint density at radius 1 is 1.29 bits per heavy atom. The molecule has 0 saturated carbocycles. The molecular weight excluding hydrogens is 262 g/mol. The first-order chi connectivity index (χ1) is 10.2. The number of aromatic nitrogens is 1. The maximum Gasteiger partial charge on any atom is 0.255 e. The molecule has 0 spiro atoms. The number of anilines is 1. The standard InChI is InChI=1S/C17H27N3O/c1-4-15-9-7-8-10-20(15)17(21)14-11-16(13-18-12-14)19(5-2)6-3/h11-13,15H,4-10H2,1-3H3. The molecule has 1 unspecified atom stereocenters. The van der Waals surface area contributed by atoms with Crippen LogP contribution in [-0.4, -0.2) is 41.5 Å². The van der Waals surface area contributed by atoms with Gasteiger partial charge >= 0.3 is 0 Å². The Morgan fingerprint density at radius 3 is 2.71 bits per heavy atom. The Balaban J connectivity index is 2.20. The first-order valence-corrected chi connectivity index (χ1v) is 8.22. The molecular formula is C17H27N3O. The largest absolute Gasteiger partial charge is 0.371 e. The second-order valence-electron chi connectivity index (χ2n) is 5.66. The molecule has 4 nitrogen and oxygen atoms in total. The summed E-state index contributed by atoms with van der Waals surface area (Å²) in [4.78, 5) is 21.3. The van der Waals surface area contributed by atoms with Gasteiger partial charge in [-0.25, -0.2) is 0 Å². The van der Waals surface area contributed by atoms with Crippen molar-refractivity contribution >= 4 is 11.6 Å². The van der Waals surface area contributed by atoms with E-state index in [2.05, 4.69) is 30.7 Å². The van der Waals surface area contributed by atoms with Crippen LogP contribution in [-0.2, 0) is 0 Å². The molecule has 21 heavy (non-hydrogen) atoms. The Morgan fingerprint density at radius 2 is 2.05 bits per heavy atom. The molecule has 0 aromatic carbocycles. The molecule has 1 atom stereocenters. The van der Waals surface area contributed by atoms with E-state index in [1.807, 2.05) is 17.2 Å². The molecule has 1 saturated heterocycles. The maximum absolute atomic E-state index is 12.8. The lowest BCUT2D eigenvalue weighted by Crippen LogP contribution is -2.43. The highest BCUT2D eigenvalue weighted by Crippen LogP contribution is 2.23. The van der Waals surface area contributed by atoms with E-state index in [0.717, 1.165) is 50.1 Å². The summed E-state index contributed by atoms with van der Waals surface area (Å²) in [5.74, 6) is 0.142. The van der Waals surface area contributed by atoms with Gasteiger partial charge in [-0.2, -0.15) is 0 Å². The molecule has 0 aliphatic carbocycles. The molecule has 0 radical (unpaired) electrons. The zero-order chi connectivity index (χ0) is 15.2. The molecule has 1 aromatic heterocycles. The second-order valence-corrected chi connectivity index (χ2v) is 5.66. The van der Waals surface area contributed by atoms with E-state index in [9.17, 15) is 4.79 Å². The molecule has 2 heterocycles. The predicted molar refractivity (Wildman–Crippen MR) is 86.8 cm³/mol. The number of likely N-dealkylation sites (tertiary alicyclic amines) is 1. The Bertz CT molecular complexity index is 471. The first-order valence-electron chi connectivity index (χ1n) is 8.22. The van der Waals surface area contributed by atoms with Gasteiger partial charge in [0.25, 0.3) is 5.91 Å². The summed E-state index contributed by atoms with van der Waals surface area (Å²) in [5.41, 5.74) is 1.76. The molecule has 1 aliphatic heterocycles. The zero-order valence-electron chi connectivity index (χ0n) is 13.5. The molecule has 116 valence electrons. The number of pyridine rings is 1. The molecule has 2 rings (SSSR count). The van der Waals surface area contributed by atoms with Crippen molar-refractivity contribution in [2.75, 3.05) is 24.5 Å². The number of piperidine rings is 1. The summed E-state index contributed by atoms with van der Waals surface area (Å²) in [6.45, 7) is 9.15. The molecule has 1 aromatic rings. The molecule has 1 amide bonds. The smallest absolute Gasteiger partial charge is 0.255 e. The van der Waals surface area contributed by atoms with Crippen molar-refractivity contribution in [3.05, 3.63) is 24.0 Å². The fraction of sp³-hybridized carbons (Fsp3) is 0.647. The minimum atomic E-state index is 0.142. The van der Waals surface area contributed by atoms with Gasteiger partial charge in [0.05, 0.1) is 17.4 Å². The van der Waals surface area contributed by atoms with Gasteiger partial charge in [0.2, 0.25) is 0 Å². The second kappa shape index (κ2) is 7.43. The number of hydrogen-bond donors (Lipinski definition) is 0. The van der Waals surface area contributed by atoms with Crippen LogP contribution in [0.5, 0.6) is 0 Å². The monoisotopic (exact) mass is 289 g/mol. The van der Waals surface area contributed by atoms with Crippen LogP contribution >= 0.6 is 0 Å². The predicted octanol–water partition coefficient (Wildman–Crippen LogP) is 3.33. The summed E-state index contributed by atoms with van der Waals surface area (Å²) in [6, 6.07) is 2.38. The van der Waals surface area contributed by atoms with Gasteiger partial charge in [-0.05, 0) is 45.6 Å². The summed E-state index contributed by atoms with van der Waals surface area (Å²) >= 11 is 0. The van der Waals surface area contributed by atoms with Gasteiger partial charge in [0.1, 0.15) is 0 Å². The number of amides is 1. The topological polar surface area (TPSA) is 36.4 Å². The van der Waals surface area contributed by atoms with Gasteiger partial charge < -0.3 is 9.80 Å². The lowest BCUT2D eigenvalue weighted by atomic mass is 9.99. The molecule has 1 fully saturated rings. The number of hydrogen-bond acceptors (Lipinski definition) is 3. The van der Waals surface area contributed by atoms with Crippen molar-refractivity contribution in [1.82, 2.24) is 9.88 Å². The highest BCUT2D eigenvalue weighted by Gasteiger charge is 2.26. The highest BCUT2D eigenvalue weighted by atomic mass is 16.2. The number of nitrogens with zero attached hydrogens (tertiary/aromatic N) is 3. The van der Waals surface area contributed by atoms with Crippen LogP contribution in [0, 0.1) is 0 Å². The third kappa shape index (κ3) is 3.55. The van der Waals surface area contributed by atoms with Crippen LogP contribution in [0.1, 0.15) is 56.8 Å². The summed E-state index contributed by atoms with van der Waals surface area (Å²) in [6.07, 6.45) is 8.07. The van der Waals surface area contributed by atoms with E-state index in [0.29, 0.717) is 6.04 Å². The minimum Gasteiger partial charge on any atom is -0.371 e. The van der Waals surface area contributed by atoms with Gasteiger partial charge in [-0.15, -0.1) is 0 Å². The highest BCUT2D eigenvalue weighted by molar-refractivity contribution is 5.95. The van der Waals surface area contributed by atoms with Crippen LogP contribution in [0.25, 0.3) is 0 Å². The van der Waals surface area contributed by atoms with Gasteiger partial charge in [-0.1, -0.05) is 6.92 Å². The van der Waals surface area contributed by atoms with Gasteiger partial charge in [0.15, 0.2) is 0 Å². The third-order valence-corrected chi connectivity index (χ3v) is 4.46. The Kier molecular flexibility index (Phi) is 5.59. The maximum atomic E-state index is 12.8. The normalized spacial score (nSPS) is 18.6. The van der Waals surface area contributed by atoms with Gasteiger partial charge in [-0.3, -0.25) is 9.78 Å². The zero-order valence-corrected chi connectivity index (χ0v) is 13.5. The summed E-state index contributed by atoms with van der Waals surface area (Å²) in [5, 5.41) is 0. The van der Waals surface area contributed by atoms with Crippen LogP contribution in [0.15, 0.2) is 18.5 Å². The quantitative estimate of drug-likeness (QED) is 0.834. The van der Waals surface area contributed by atoms with E-state index in [1.165, 1.54) is 6.42 Å². The van der Waals surface area contributed by atoms with Crippen LogP contribution in [0.2, 0.25) is 0 Å². The van der Waals surface area contributed by atoms with Gasteiger partial charge in [0, 0.05) is 31.9 Å². The molecule has 1 aliphatic rings. The van der Waals surface area contributed by atoms with Crippen molar-refractivity contribution < 1.29 is 4.79 Å². The molecule has 4 heteroatoms. The number of carbonyl (C=O) groups is 1. The van der Waals surface area contributed by atoms with Crippen LogP contribution in [0.4, 0.5) is 5.69 Å². The van der Waals surface area contributed by atoms with Crippen molar-refractivity contribution in [3.8, 4) is 0 Å². The lowest BCUT2D eigenvalue weighted by Gasteiger charge is -2.35. The molecule has 0 bridgehead atoms. The number of rotatable bonds is 5. The van der Waals surface area contributed by atoms with E-state index < -0.39 is 0 Å². The summed E-state index contributed by atoms with van der Waals surface area (Å²) in [7, 11) is 0. The van der Waals surface area contributed by atoms with E-state index in [1.54, 1.807) is 6.20 Å². The first kappa shape index (κ1) is 15.8. The van der Waals surface area contributed by atoms with E-state index >= 15 is 0 Å². The minimum absolute atomic E-state index is 0.142. The third-order valence-electron chi connectivity index (χ3n) is 4.46. The number of carbonyl (C=O) groups excluding carboxylic acids is 1. The average molecular weight is 289 g/mol. The van der Waals surface area contributed by atoms with Crippen molar-refractivity contribution in [2.24, 2.45) is 0 Å². The van der Waals surface area contributed by atoms with Crippen molar-refractivity contribution in [2.45, 2.75) is 52.5 Å². The fourth-order valence-corrected chi connectivity index (χ4v) is 3.16. The molecule has 0 N–H and O–H groups in total. The van der Waals surface area contributed by atoms with Crippen molar-refractivity contribution in [1.29, 1.82) is 0 Å².